The van der Waals surface area contributed by atoms with Crippen LogP contribution in [0.3, 0.4) is 0 Å². The van der Waals surface area contributed by atoms with E-state index in [4.69, 9.17) is 0 Å². The van der Waals surface area contributed by atoms with E-state index in [1.54, 1.807) is 13.0 Å². The van der Waals surface area contributed by atoms with Crippen LogP contribution in [0.1, 0.15) is 24.0 Å². The Kier molecular flexibility index (Phi) is 3.64. The zero-order valence-electron chi connectivity index (χ0n) is 7.73. The fourth-order valence-corrected chi connectivity index (χ4v) is 1.01. The molecule has 0 unspecified atom stereocenters. The molecule has 0 aromatic carbocycles. The van der Waals surface area contributed by atoms with E-state index >= 15 is 0 Å². The highest BCUT2D eigenvalue weighted by Crippen LogP contribution is 1.99. The summed E-state index contributed by atoms with van der Waals surface area (Å²) in [5.74, 6) is -0.182. The van der Waals surface area contributed by atoms with Crippen LogP contribution in [0, 0.1) is 0 Å². The Morgan fingerprint density at radius 2 is 2.21 bits per heavy atom. The van der Waals surface area contributed by atoms with Crippen LogP contribution in [0.5, 0.6) is 0 Å². The molecule has 72 valence electrons. The van der Waals surface area contributed by atoms with E-state index in [9.17, 15) is 9.59 Å². The van der Waals surface area contributed by atoms with Gasteiger partial charge in [-0.2, -0.15) is 0 Å². The summed E-state index contributed by atoms with van der Waals surface area (Å²) in [5, 5.41) is 2.30. The number of nitrogens with one attached hydrogen (secondary N) is 1. The lowest BCUT2D eigenvalue weighted by Gasteiger charge is -2.04. The molecule has 0 spiro atoms. The van der Waals surface area contributed by atoms with Gasteiger partial charge in [-0.1, -0.05) is 6.92 Å². The van der Waals surface area contributed by atoms with E-state index in [0.717, 1.165) is 0 Å². The topological polar surface area (TPSA) is 72.0 Å². The van der Waals surface area contributed by atoms with Crippen molar-refractivity contribution in [2.24, 2.45) is 0 Å². The summed E-state index contributed by atoms with van der Waals surface area (Å²) in [6.07, 6.45) is 4.95. The normalized spacial score (nSPS) is 11.5. The van der Waals surface area contributed by atoms with Crippen molar-refractivity contribution in [1.82, 2.24) is 15.3 Å². The van der Waals surface area contributed by atoms with Crippen molar-refractivity contribution in [2.45, 2.75) is 19.4 Å². The third kappa shape index (κ3) is 2.31. The lowest BCUT2D eigenvalue weighted by Crippen LogP contribution is -2.36. The highest BCUT2D eigenvalue weighted by atomic mass is 16.1. The van der Waals surface area contributed by atoms with Gasteiger partial charge in [-0.25, -0.2) is 9.97 Å². The summed E-state index contributed by atoms with van der Waals surface area (Å²) in [6, 6.07) is 1.03. The molecule has 0 saturated carbocycles. The number of rotatable bonds is 5. The molecule has 0 saturated heterocycles. The first-order valence-electron chi connectivity index (χ1n) is 4.23. The van der Waals surface area contributed by atoms with Crippen LogP contribution >= 0.6 is 0 Å². The monoisotopic (exact) mass is 192 g/mol. The van der Waals surface area contributed by atoms with Gasteiger partial charge in [-0.05, 0) is 12.5 Å². The van der Waals surface area contributed by atoms with Gasteiger partial charge in [0.1, 0.15) is 6.04 Å². The predicted octanol–water partition coefficient (Wildman–Crippen LogP) is 0.0947. The third-order valence-corrected chi connectivity index (χ3v) is 1.74. The molecule has 0 radical (unpaired) electrons. The van der Waals surface area contributed by atoms with Crippen LogP contribution in [0.15, 0.2) is 18.5 Å². The second kappa shape index (κ2) is 4.99. The number of carbonyl (C=O) groups excluding carboxylic acids is 2. The molecule has 1 rings (SSSR count). The number of nitrogens with zero attached hydrogens (tertiary/aromatic N) is 2. The van der Waals surface area contributed by atoms with Crippen LogP contribution in [0.2, 0.25) is 0 Å². The first kappa shape index (κ1) is 10.2. The van der Waals surface area contributed by atoms with Crippen molar-refractivity contribution >= 4 is 12.2 Å². The van der Waals surface area contributed by atoms with Crippen molar-refractivity contribution in [3.05, 3.63) is 24.3 Å². The quantitative estimate of drug-likeness (QED) is 0.408. The number of carbonyl (C=O) groups is 1. The molecule has 0 aliphatic carbocycles. The molecule has 14 heavy (non-hydrogen) atoms. The summed E-state index contributed by atoms with van der Waals surface area (Å²) in [6.45, 7) is 1.79. The van der Waals surface area contributed by atoms with E-state index < -0.39 is 6.04 Å². The van der Waals surface area contributed by atoms with Crippen LogP contribution in [-0.4, -0.2) is 28.2 Å². The van der Waals surface area contributed by atoms with Gasteiger partial charge < -0.3 is 0 Å². The van der Waals surface area contributed by atoms with Gasteiger partial charge in [-0.3, -0.25) is 4.79 Å². The Morgan fingerprint density at radius 1 is 1.57 bits per heavy atom. The van der Waals surface area contributed by atoms with Crippen molar-refractivity contribution in [3.63, 3.8) is 0 Å². The Bertz CT molecular complexity index is 313. The number of Topliss-reactive ketones (excluding diaryl/α,β-unsaturated/α-hetero) is 1. The zero-order valence-corrected chi connectivity index (χ0v) is 7.73. The van der Waals surface area contributed by atoms with Gasteiger partial charge in [0, 0.05) is 12.4 Å². The predicted molar refractivity (Wildman–Crippen MR) is 49.3 cm³/mol. The Morgan fingerprint density at radius 3 is 2.71 bits per heavy atom. The smallest absolute Gasteiger partial charge is 0.288 e. The molecule has 1 amide bonds. The minimum atomic E-state index is -0.588. The fraction of sp³-hybridized carbons (Fsp3) is 0.333. The average molecular weight is 192 g/mol. The number of hydrogen-bond acceptors (Lipinski definition) is 4. The first-order valence-corrected chi connectivity index (χ1v) is 4.23. The van der Waals surface area contributed by atoms with E-state index in [1.807, 2.05) is 0 Å². The molecule has 0 aliphatic rings. The Hall–Kier alpha value is -1.87. The minimum Gasteiger partial charge on any atom is -0.288 e. The molecule has 5 nitrogen and oxygen atoms in total. The third-order valence-electron chi connectivity index (χ3n) is 1.74. The Balaban J connectivity index is 2.78. The van der Waals surface area contributed by atoms with E-state index in [-0.39, 0.29) is 11.6 Å². The molecule has 1 atom stereocenters. The molecular weight excluding hydrogens is 182 g/mol. The molecule has 1 heterocycles. The lowest BCUT2D eigenvalue weighted by molar-refractivity contribution is 0.0939. The molecule has 5 heteroatoms. The van der Waals surface area contributed by atoms with Gasteiger partial charge in [-0.15, -0.1) is 5.32 Å². The van der Waals surface area contributed by atoms with Crippen LogP contribution < -0.4 is 5.32 Å². The standard InChI is InChI=1S/C9H10N3O2/c1-2-7(12-6-13)8(14)9-10-4-3-5-11-9/h3-5,7H,2H2,1H3,(H,12,13)/q+1/t7-/m0/s1. The number of hydrogen-bond donors (Lipinski definition) is 1. The zero-order chi connectivity index (χ0) is 10.4. The van der Waals surface area contributed by atoms with Gasteiger partial charge in [0.25, 0.3) is 0 Å². The van der Waals surface area contributed by atoms with E-state index in [1.165, 1.54) is 18.8 Å². The number of aromatic nitrogens is 2. The minimum absolute atomic E-state index is 0.113. The van der Waals surface area contributed by atoms with Gasteiger partial charge in [0.05, 0.1) is 4.79 Å². The van der Waals surface area contributed by atoms with Crippen LogP contribution in [0.25, 0.3) is 0 Å². The summed E-state index contributed by atoms with van der Waals surface area (Å²) in [7, 11) is 0. The van der Waals surface area contributed by atoms with E-state index in [2.05, 4.69) is 15.3 Å². The van der Waals surface area contributed by atoms with E-state index in [0.29, 0.717) is 6.42 Å². The maximum atomic E-state index is 11.6. The molecule has 0 bridgehead atoms. The lowest BCUT2D eigenvalue weighted by atomic mass is 10.1. The van der Waals surface area contributed by atoms with Crippen LogP contribution in [0.4, 0.5) is 0 Å². The largest absolute Gasteiger partial charge is 0.665 e. The van der Waals surface area contributed by atoms with Gasteiger partial charge in [0.2, 0.25) is 5.78 Å². The van der Waals surface area contributed by atoms with Crippen molar-refractivity contribution in [3.8, 4) is 0 Å². The second-order valence-electron chi connectivity index (χ2n) is 2.64. The SMILES string of the molecule is CC[C@H](N[C+]=O)C(=O)c1ncccn1. The van der Waals surface area contributed by atoms with Gasteiger partial charge in [0.15, 0.2) is 5.82 Å². The maximum Gasteiger partial charge on any atom is 0.665 e. The van der Waals surface area contributed by atoms with Crippen LogP contribution in [-0.2, 0) is 4.79 Å². The highest BCUT2D eigenvalue weighted by Gasteiger charge is 2.24. The summed E-state index contributed by atoms with van der Waals surface area (Å²) >= 11 is 0. The summed E-state index contributed by atoms with van der Waals surface area (Å²) in [5.41, 5.74) is 0. The summed E-state index contributed by atoms with van der Waals surface area (Å²) in [4.78, 5) is 29.3. The summed E-state index contributed by atoms with van der Waals surface area (Å²) < 4.78 is 0. The number of amides is 1. The molecule has 1 aromatic heterocycles. The van der Waals surface area contributed by atoms with Crippen molar-refractivity contribution in [2.75, 3.05) is 0 Å². The fourth-order valence-electron chi connectivity index (χ4n) is 1.01. The molecule has 1 aromatic rings. The molecule has 0 fully saturated rings. The molecular formula is C9H10N3O2+. The average Bonchev–Trinajstić information content (AvgIpc) is 2.26. The number of ketones is 1. The molecule has 0 aliphatic heterocycles. The van der Waals surface area contributed by atoms with Crippen molar-refractivity contribution in [1.29, 1.82) is 0 Å². The first-order chi connectivity index (χ1) is 6.79. The molecule has 1 N–H and O–H groups in total. The Labute approximate surface area is 81.6 Å². The highest BCUT2D eigenvalue weighted by molar-refractivity contribution is 5.97. The second-order valence-corrected chi connectivity index (χ2v) is 2.64. The van der Waals surface area contributed by atoms with Crippen molar-refractivity contribution < 1.29 is 9.59 Å². The maximum absolute atomic E-state index is 11.6. The van der Waals surface area contributed by atoms with Gasteiger partial charge >= 0.3 is 6.41 Å².